The Balaban J connectivity index is 0.000000186. The predicted molar refractivity (Wildman–Crippen MR) is 127 cm³/mol. The molecule has 0 aromatic heterocycles. The number of benzene rings is 4. The fourth-order valence-electron chi connectivity index (χ4n) is 2.56. The van der Waals surface area contributed by atoms with E-state index < -0.39 is 4.92 Å². The molecule has 0 N–H and O–H groups in total. The maximum atomic E-state index is 10.6. The van der Waals surface area contributed by atoms with Crippen LogP contribution in [0.25, 0.3) is 0 Å². The molecule has 164 valence electrons. The minimum atomic E-state index is -0.457. The van der Waals surface area contributed by atoms with Crippen molar-refractivity contribution in [3.63, 3.8) is 0 Å². The van der Waals surface area contributed by atoms with Gasteiger partial charge < -0.3 is 4.74 Å². The van der Waals surface area contributed by atoms with Crippen molar-refractivity contribution in [1.29, 1.82) is 0 Å². The fraction of sp³-hybridized carbons (Fsp3) is 0.0400. The Morgan fingerprint density at radius 1 is 0.606 bits per heavy atom. The third-order valence-corrected chi connectivity index (χ3v) is 4.17. The van der Waals surface area contributed by atoms with Crippen LogP contribution in [0.4, 0.5) is 28.4 Å². The van der Waals surface area contributed by atoms with Crippen LogP contribution < -0.4 is 4.74 Å². The van der Waals surface area contributed by atoms with Crippen molar-refractivity contribution in [3.8, 4) is 5.75 Å². The van der Waals surface area contributed by atoms with Gasteiger partial charge in [-0.1, -0.05) is 48.5 Å². The molecule has 0 saturated carbocycles. The van der Waals surface area contributed by atoms with E-state index in [0.29, 0.717) is 11.4 Å². The van der Waals surface area contributed by atoms with Crippen LogP contribution in [0.15, 0.2) is 130 Å². The zero-order valence-corrected chi connectivity index (χ0v) is 17.9. The Hall–Kier alpha value is -4.72. The molecule has 0 radical (unpaired) electrons. The highest BCUT2D eigenvalue weighted by atomic mass is 16.6. The van der Waals surface area contributed by atoms with Gasteiger partial charge in [-0.25, -0.2) is 0 Å². The molecule has 0 unspecified atom stereocenters. The monoisotopic (exact) mass is 439 g/mol. The summed E-state index contributed by atoms with van der Waals surface area (Å²) in [6, 6.07) is 32.3. The van der Waals surface area contributed by atoms with E-state index in [0.717, 1.165) is 17.1 Å². The van der Waals surface area contributed by atoms with Gasteiger partial charge in [0.2, 0.25) is 0 Å². The third kappa shape index (κ3) is 7.80. The SMILES string of the molecule is COc1cccc(/N=N/c2ccccc2)c1.O=[N+]([O-])c1cccc(/N=N/c2ccccc2)c1. The topological polar surface area (TPSA) is 102 Å². The van der Waals surface area contributed by atoms with Crippen LogP contribution in [0, 0.1) is 10.1 Å². The van der Waals surface area contributed by atoms with Crippen molar-refractivity contribution in [1.82, 2.24) is 0 Å². The maximum absolute atomic E-state index is 10.6. The van der Waals surface area contributed by atoms with Crippen molar-refractivity contribution in [2.24, 2.45) is 20.5 Å². The highest BCUT2D eigenvalue weighted by Gasteiger charge is 2.04. The summed E-state index contributed by atoms with van der Waals surface area (Å²) < 4.78 is 5.11. The minimum absolute atomic E-state index is 0.00881. The average Bonchev–Trinajstić information content (AvgIpc) is 2.88. The van der Waals surface area contributed by atoms with Crippen molar-refractivity contribution in [2.75, 3.05) is 7.11 Å². The average molecular weight is 439 g/mol. The van der Waals surface area contributed by atoms with E-state index >= 15 is 0 Å². The molecule has 4 aromatic carbocycles. The molecule has 0 spiro atoms. The van der Waals surface area contributed by atoms with Crippen molar-refractivity contribution in [2.45, 2.75) is 0 Å². The van der Waals surface area contributed by atoms with Crippen LogP contribution in [0.2, 0.25) is 0 Å². The molecule has 0 atom stereocenters. The van der Waals surface area contributed by atoms with Gasteiger partial charge in [0.25, 0.3) is 5.69 Å². The van der Waals surface area contributed by atoms with E-state index in [1.165, 1.54) is 12.1 Å². The van der Waals surface area contributed by atoms with E-state index in [1.807, 2.05) is 72.8 Å². The summed E-state index contributed by atoms with van der Waals surface area (Å²) in [5.41, 5.74) is 2.80. The molecule has 0 aliphatic rings. The number of ether oxygens (including phenoxy) is 1. The van der Waals surface area contributed by atoms with Gasteiger partial charge in [0.15, 0.2) is 0 Å². The van der Waals surface area contributed by atoms with E-state index in [-0.39, 0.29) is 5.69 Å². The highest BCUT2D eigenvalue weighted by Crippen LogP contribution is 2.23. The normalized spacial score (nSPS) is 10.6. The van der Waals surface area contributed by atoms with Crippen LogP contribution >= 0.6 is 0 Å². The molecule has 8 nitrogen and oxygen atoms in total. The fourth-order valence-corrected chi connectivity index (χ4v) is 2.56. The van der Waals surface area contributed by atoms with Gasteiger partial charge in [-0.3, -0.25) is 10.1 Å². The number of nitro groups is 1. The maximum Gasteiger partial charge on any atom is 0.271 e. The summed E-state index contributed by atoms with van der Waals surface area (Å²) in [7, 11) is 1.63. The first-order valence-corrected chi connectivity index (χ1v) is 9.96. The molecule has 0 heterocycles. The molecule has 0 fully saturated rings. The lowest BCUT2D eigenvalue weighted by Gasteiger charge is -1.98. The highest BCUT2D eigenvalue weighted by molar-refractivity contribution is 5.47. The summed E-state index contributed by atoms with van der Waals surface area (Å²) in [5, 5.41) is 26.7. The minimum Gasteiger partial charge on any atom is -0.497 e. The van der Waals surface area contributed by atoms with Gasteiger partial charge in [0.05, 0.1) is 34.8 Å². The van der Waals surface area contributed by atoms with E-state index in [4.69, 9.17) is 4.74 Å². The quantitative estimate of drug-likeness (QED) is 0.172. The van der Waals surface area contributed by atoms with Crippen LogP contribution in [0.1, 0.15) is 0 Å². The zero-order chi connectivity index (χ0) is 23.3. The van der Waals surface area contributed by atoms with E-state index in [2.05, 4.69) is 20.5 Å². The van der Waals surface area contributed by atoms with Crippen LogP contribution in [-0.2, 0) is 0 Å². The van der Waals surface area contributed by atoms with Crippen LogP contribution in [-0.4, -0.2) is 12.0 Å². The molecule has 0 aliphatic carbocycles. The third-order valence-electron chi connectivity index (χ3n) is 4.17. The van der Waals surface area contributed by atoms with Gasteiger partial charge >= 0.3 is 0 Å². The number of nitro benzene ring substituents is 1. The second-order valence-corrected chi connectivity index (χ2v) is 6.55. The van der Waals surface area contributed by atoms with Crippen LogP contribution in [0.5, 0.6) is 5.75 Å². The lowest BCUT2D eigenvalue weighted by atomic mass is 10.3. The van der Waals surface area contributed by atoms with Gasteiger partial charge in [-0.05, 0) is 42.5 Å². The van der Waals surface area contributed by atoms with Crippen molar-refractivity contribution < 1.29 is 9.66 Å². The second-order valence-electron chi connectivity index (χ2n) is 6.55. The summed E-state index contributed by atoms with van der Waals surface area (Å²) >= 11 is 0. The molecule has 33 heavy (non-hydrogen) atoms. The molecule has 4 rings (SSSR count). The van der Waals surface area contributed by atoms with Gasteiger partial charge in [-0.2, -0.15) is 20.5 Å². The van der Waals surface area contributed by atoms with Gasteiger partial charge in [0.1, 0.15) is 5.75 Å². The Morgan fingerprint density at radius 3 is 1.58 bits per heavy atom. The first kappa shape index (κ1) is 23.0. The molecule has 0 saturated heterocycles. The summed E-state index contributed by atoms with van der Waals surface area (Å²) in [4.78, 5) is 10.1. The number of non-ortho nitro benzene ring substituents is 1. The smallest absolute Gasteiger partial charge is 0.271 e. The molecule has 8 heteroatoms. The molecule has 0 amide bonds. The lowest BCUT2D eigenvalue weighted by Crippen LogP contribution is -1.85. The first-order valence-electron chi connectivity index (χ1n) is 9.96. The Morgan fingerprint density at radius 2 is 1.06 bits per heavy atom. The Bertz CT molecular complexity index is 1230. The van der Waals surface area contributed by atoms with Crippen molar-refractivity contribution >= 4 is 28.4 Å². The summed E-state index contributed by atoms with van der Waals surface area (Å²) in [6.45, 7) is 0. The van der Waals surface area contributed by atoms with Crippen molar-refractivity contribution in [3.05, 3.63) is 119 Å². The number of hydrogen-bond acceptors (Lipinski definition) is 7. The van der Waals surface area contributed by atoms with Gasteiger partial charge in [-0.15, -0.1) is 0 Å². The second kappa shape index (κ2) is 12.2. The van der Waals surface area contributed by atoms with Gasteiger partial charge in [0, 0.05) is 18.2 Å². The number of nitrogens with zero attached hydrogens (tertiary/aromatic N) is 5. The summed E-state index contributed by atoms with van der Waals surface area (Å²) in [5.74, 6) is 0.782. The first-order chi connectivity index (χ1) is 16.1. The molecular weight excluding hydrogens is 418 g/mol. The standard InChI is InChI=1S/C13H12N2O.C12H9N3O2/c1-16-13-9-5-8-12(10-13)15-14-11-6-3-2-4-7-11;16-15(17)12-8-4-7-11(9-12)14-13-10-5-2-1-3-6-10/h2-10H,1H3;1-9H/b15-14+;14-13+. The number of azo groups is 2. The summed E-state index contributed by atoms with van der Waals surface area (Å²) in [6.07, 6.45) is 0. The Kier molecular flexibility index (Phi) is 8.49. The Labute approximate surface area is 191 Å². The van der Waals surface area contributed by atoms with Crippen LogP contribution in [0.3, 0.4) is 0 Å². The lowest BCUT2D eigenvalue weighted by molar-refractivity contribution is -0.384. The molecule has 0 bridgehead atoms. The predicted octanol–water partition coefficient (Wildman–Crippen LogP) is 8.12. The number of methoxy groups -OCH3 is 1. The zero-order valence-electron chi connectivity index (χ0n) is 17.9. The van der Waals surface area contributed by atoms with E-state index in [1.54, 1.807) is 31.4 Å². The molecule has 4 aromatic rings. The molecular formula is C25H21N5O3. The number of hydrogen-bond donors (Lipinski definition) is 0. The largest absolute Gasteiger partial charge is 0.497 e. The number of rotatable bonds is 6. The van der Waals surface area contributed by atoms with E-state index in [9.17, 15) is 10.1 Å². The molecule has 0 aliphatic heterocycles.